The second-order valence-corrected chi connectivity index (χ2v) is 7.36. The van der Waals surface area contributed by atoms with E-state index in [4.69, 9.17) is 11.6 Å². The number of anilines is 2. The molecule has 2 aromatic rings. The molecule has 0 heterocycles. The van der Waals surface area contributed by atoms with E-state index < -0.39 is 5.41 Å². The normalized spacial score (nSPS) is 14.1. The molecule has 0 aliphatic heterocycles. The van der Waals surface area contributed by atoms with E-state index in [0.717, 1.165) is 5.56 Å². The summed E-state index contributed by atoms with van der Waals surface area (Å²) < 4.78 is 0. The summed E-state index contributed by atoms with van der Waals surface area (Å²) in [5, 5.41) is 8.99. The van der Waals surface area contributed by atoms with Crippen molar-refractivity contribution < 1.29 is 14.4 Å². The summed E-state index contributed by atoms with van der Waals surface area (Å²) in [5.41, 5.74) is 1.31. The van der Waals surface area contributed by atoms with Gasteiger partial charge < -0.3 is 16.0 Å². The van der Waals surface area contributed by atoms with Crippen molar-refractivity contribution in [1.82, 2.24) is 5.32 Å². The number of amides is 3. The largest absolute Gasteiger partial charge is 0.355 e. The van der Waals surface area contributed by atoms with Crippen LogP contribution in [-0.2, 0) is 20.8 Å². The van der Waals surface area contributed by atoms with Gasteiger partial charge >= 0.3 is 0 Å². The van der Waals surface area contributed by atoms with E-state index in [1.54, 1.807) is 24.3 Å². The molecule has 28 heavy (non-hydrogen) atoms. The van der Waals surface area contributed by atoms with Crippen molar-refractivity contribution in [3.05, 3.63) is 59.1 Å². The fraction of sp³-hybridized carbons (Fsp3) is 0.286. The minimum absolute atomic E-state index is 0.163. The van der Waals surface area contributed by atoms with Crippen LogP contribution < -0.4 is 16.0 Å². The lowest BCUT2D eigenvalue weighted by molar-refractivity contribution is -0.134. The maximum absolute atomic E-state index is 12.6. The predicted molar refractivity (Wildman–Crippen MR) is 109 cm³/mol. The van der Waals surface area contributed by atoms with Crippen LogP contribution in [0.1, 0.15) is 25.3 Å². The third-order valence-electron chi connectivity index (χ3n) is 4.69. The van der Waals surface area contributed by atoms with Crippen LogP contribution in [-0.4, -0.2) is 24.3 Å². The van der Waals surface area contributed by atoms with Gasteiger partial charge in [-0.2, -0.15) is 0 Å². The monoisotopic (exact) mass is 399 g/mol. The first-order chi connectivity index (χ1) is 13.4. The summed E-state index contributed by atoms with van der Waals surface area (Å²) in [6, 6.07) is 14.2. The second-order valence-electron chi connectivity index (χ2n) is 6.93. The van der Waals surface area contributed by atoms with Gasteiger partial charge in [0.05, 0.1) is 0 Å². The van der Waals surface area contributed by atoms with Crippen LogP contribution in [0.5, 0.6) is 0 Å². The van der Waals surface area contributed by atoms with E-state index >= 15 is 0 Å². The minimum atomic E-state index is -0.990. The Balaban J connectivity index is 1.51. The Kier molecular flexibility index (Phi) is 5.99. The van der Waals surface area contributed by atoms with E-state index in [1.165, 1.54) is 6.92 Å². The molecule has 1 saturated carbocycles. The molecule has 3 amide bonds. The molecule has 0 aromatic heterocycles. The number of nitrogens with one attached hydrogen (secondary N) is 3. The highest BCUT2D eigenvalue weighted by molar-refractivity contribution is 6.30. The molecule has 0 saturated heterocycles. The topological polar surface area (TPSA) is 87.3 Å². The lowest BCUT2D eigenvalue weighted by Gasteiger charge is -2.16. The highest BCUT2D eigenvalue weighted by Gasteiger charge is 2.56. The van der Waals surface area contributed by atoms with Crippen LogP contribution in [0.3, 0.4) is 0 Å². The average molecular weight is 400 g/mol. The van der Waals surface area contributed by atoms with Crippen molar-refractivity contribution in [2.45, 2.75) is 26.2 Å². The summed E-state index contributed by atoms with van der Waals surface area (Å²) in [7, 11) is 0. The van der Waals surface area contributed by atoms with Crippen LogP contribution in [0.25, 0.3) is 0 Å². The molecule has 0 radical (unpaired) electrons. The van der Waals surface area contributed by atoms with Crippen molar-refractivity contribution >= 4 is 40.7 Å². The number of carbonyl (C=O) groups is 3. The Hall–Kier alpha value is -2.86. The lowest BCUT2D eigenvalue weighted by Crippen LogP contribution is -2.40. The van der Waals surface area contributed by atoms with Crippen molar-refractivity contribution in [1.29, 1.82) is 0 Å². The van der Waals surface area contributed by atoms with Crippen LogP contribution in [0, 0.1) is 5.41 Å². The summed E-state index contributed by atoms with van der Waals surface area (Å²) in [4.78, 5) is 36.2. The van der Waals surface area contributed by atoms with Gasteiger partial charge in [0.15, 0.2) is 0 Å². The van der Waals surface area contributed by atoms with Crippen molar-refractivity contribution in [2.75, 3.05) is 17.2 Å². The maximum Gasteiger partial charge on any atom is 0.240 e. The highest BCUT2D eigenvalue weighted by atomic mass is 35.5. The third kappa shape index (κ3) is 4.89. The van der Waals surface area contributed by atoms with Crippen LogP contribution in [0.15, 0.2) is 48.5 Å². The van der Waals surface area contributed by atoms with Gasteiger partial charge in [-0.3, -0.25) is 14.4 Å². The first-order valence-corrected chi connectivity index (χ1v) is 9.49. The molecule has 2 aromatic carbocycles. The summed E-state index contributed by atoms with van der Waals surface area (Å²) in [5.74, 6) is -0.707. The smallest absolute Gasteiger partial charge is 0.240 e. The maximum atomic E-state index is 12.6. The first kappa shape index (κ1) is 19.9. The first-order valence-electron chi connectivity index (χ1n) is 9.11. The van der Waals surface area contributed by atoms with Crippen molar-refractivity contribution in [3.63, 3.8) is 0 Å². The van der Waals surface area contributed by atoms with Gasteiger partial charge in [0.1, 0.15) is 5.41 Å². The standard InChI is InChI=1S/C21H22ClN3O3/c1-14(26)24-17-6-8-18(9-7-17)25-20(28)21(11-12-21)19(27)23-13-10-15-2-4-16(22)5-3-15/h2-9H,10-13H2,1H3,(H,23,27)(H,24,26)(H,25,28). The molecule has 6 nitrogen and oxygen atoms in total. The molecule has 7 heteroatoms. The van der Waals surface area contributed by atoms with Gasteiger partial charge in [0, 0.05) is 29.9 Å². The fourth-order valence-electron chi connectivity index (χ4n) is 2.91. The summed E-state index contributed by atoms with van der Waals surface area (Å²) in [6.45, 7) is 1.89. The average Bonchev–Trinajstić information content (AvgIpc) is 3.46. The lowest BCUT2D eigenvalue weighted by atomic mass is 10.0. The Morgan fingerprint density at radius 3 is 2.00 bits per heavy atom. The Bertz CT molecular complexity index is 875. The Morgan fingerprint density at radius 2 is 1.46 bits per heavy atom. The SMILES string of the molecule is CC(=O)Nc1ccc(NC(=O)C2(C(=O)NCCc3ccc(Cl)cc3)CC2)cc1. The van der Waals surface area contributed by atoms with E-state index in [0.29, 0.717) is 42.2 Å². The predicted octanol–water partition coefficient (Wildman–Crippen LogP) is 3.38. The zero-order valence-corrected chi connectivity index (χ0v) is 16.3. The molecule has 1 aliphatic rings. The zero-order chi connectivity index (χ0) is 20.1. The van der Waals surface area contributed by atoms with Crippen LogP contribution in [0.2, 0.25) is 5.02 Å². The van der Waals surface area contributed by atoms with Crippen molar-refractivity contribution in [2.24, 2.45) is 5.41 Å². The zero-order valence-electron chi connectivity index (χ0n) is 15.5. The van der Waals surface area contributed by atoms with E-state index in [9.17, 15) is 14.4 Å². The van der Waals surface area contributed by atoms with Gasteiger partial charge in [-0.1, -0.05) is 23.7 Å². The minimum Gasteiger partial charge on any atom is -0.355 e. The molecule has 0 unspecified atom stereocenters. The van der Waals surface area contributed by atoms with E-state index in [-0.39, 0.29) is 17.7 Å². The van der Waals surface area contributed by atoms with E-state index in [1.807, 2.05) is 24.3 Å². The molecule has 146 valence electrons. The summed E-state index contributed by atoms with van der Waals surface area (Å²) in [6.07, 6.45) is 1.75. The second kappa shape index (κ2) is 8.44. The number of hydrogen-bond acceptors (Lipinski definition) is 3. The van der Waals surface area contributed by atoms with E-state index in [2.05, 4.69) is 16.0 Å². The van der Waals surface area contributed by atoms with Crippen LogP contribution in [0.4, 0.5) is 11.4 Å². The number of carbonyl (C=O) groups excluding carboxylic acids is 3. The number of rotatable bonds is 7. The molecule has 0 bridgehead atoms. The Labute approximate surface area is 168 Å². The Morgan fingerprint density at radius 1 is 0.893 bits per heavy atom. The molecule has 1 fully saturated rings. The highest BCUT2D eigenvalue weighted by Crippen LogP contribution is 2.46. The van der Waals surface area contributed by atoms with Gasteiger partial charge in [0.2, 0.25) is 17.7 Å². The van der Waals surface area contributed by atoms with Gasteiger partial charge in [-0.15, -0.1) is 0 Å². The van der Waals surface area contributed by atoms with Gasteiger partial charge in [-0.05, 0) is 61.2 Å². The fourth-order valence-corrected chi connectivity index (χ4v) is 3.04. The number of halogens is 1. The van der Waals surface area contributed by atoms with Gasteiger partial charge in [-0.25, -0.2) is 0 Å². The van der Waals surface area contributed by atoms with Crippen molar-refractivity contribution in [3.8, 4) is 0 Å². The number of hydrogen-bond donors (Lipinski definition) is 3. The molecule has 1 aliphatic carbocycles. The molecule has 3 N–H and O–H groups in total. The van der Waals surface area contributed by atoms with Crippen LogP contribution >= 0.6 is 11.6 Å². The molecular formula is C21H22ClN3O3. The molecular weight excluding hydrogens is 378 g/mol. The molecule has 0 atom stereocenters. The van der Waals surface area contributed by atoms with Gasteiger partial charge in [0.25, 0.3) is 0 Å². The summed E-state index contributed by atoms with van der Waals surface area (Å²) >= 11 is 5.86. The third-order valence-corrected chi connectivity index (χ3v) is 4.95. The molecule has 3 rings (SSSR count). The number of benzene rings is 2. The quantitative estimate of drug-likeness (QED) is 0.624. The molecule has 0 spiro atoms.